The van der Waals surface area contributed by atoms with Gasteiger partial charge in [0.1, 0.15) is 0 Å². The van der Waals surface area contributed by atoms with Gasteiger partial charge in [-0.25, -0.2) is 9.97 Å². The first-order valence-corrected chi connectivity index (χ1v) is 15.4. The fourth-order valence-electron chi connectivity index (χ4n) is 7.27. The van der Waals surface area contributed by atoms with Gasteiger partial charge in [0.2, 0.25) is 5.91 Å². The summed E-state index contributed by atoms with van der Waals surface area (Å²) in [4.78, 5) is 34.3. The molecule has 1 amide bonds. The summed E-state index contributed by atoms with van der Waals surface area (Å²) in [7, 11) is 0. The molecule has 2 heterocycles. The maximum absolute atomic E-state index is 12.3. The highest BCUT2D eigenvalue weighted by atomic mass is 16.4. The normalized spacial score (nSPS) is 26.0. The van der Waals surface area contributed by atoms with Crippen molar-refractivity contribution in [1.29, 1.82) is 0 Å². The lowest BCUT2D eigenvalue weighted by Gasteiger charge is -2.36. The molecule has 0 bridgehead atoms. The van der Waals surface area contributed by atoms with Gasteiger partial charge in [-0.15, -0.1) is 0 Å². The molecule has 0 radical (unpaired) electrons. The molecule has 6 nitrogen and oxygen atoms in total. The Kier molecular flexibility index (Phi) is 9.31. The lowest BCUT2D eigenvalue weighted by Crippen LogP contribution is -2.53. The van der Waals surface area contributed by atoms with Crippen molar-refractivity contribution in [3.8, 4) is 11.4 Å². The van der Waals surface area contributed by atoms with Crippen LogP contribution < -0.4 is 0 Å². The van der Waals surface area contributed by atoms with Crippen LogP contribution in [-0.2, 0) is 16.0 Å². The van der Waals surface area contributed by atoms with Crippen LogP contribution in [0.4, 0.5) is 0 Å². The van der Waals surface area contributed by atoms with E-state index in [4.69, 9.17) is 15.1 Å². The minimum Gasteiger partial charge on any atom is -0.481 e. The number of carboxylic acid groups (broad SMARTS) is 1. The number of carbonyl (C=O) groups excluding carboxylic acids is 1. The predicted octanol–water partition coefficient (Wildman–Crippen LogP) is 6.89. The largest absolute Gasteiger partial charge is 0.481 e. The van der Waals surface area contributed by atoms with Crippen molar-refractivity contribution in [2.45, 2.75) is 96.3 Å². The first kappa shape index (κ1) is 27.8. The Morgan fingerprint density at radius 2 is 1.56 bits per heavy atom. The van der Waals surface area contributed by atoms with Crippen LogP contribution in [0.5, 0.6) is 0 Å². The van der Waals surface area contributed by atoms with Gasteiger partial charge in [0.25, 0.3) is 0 Å². The standard InChI is InChI=1S/C33H45N3O3/c1-2-4-23-5-3-6-25(11-7-23)26-14-16-27(17-15-26)29-19-34-32(35-20-29)28-12-8-24(9-13-28)10-18-31(37)36-21-30(22-36)33(38)39/h8-9,12-13,19-20,23,25-27,30H,2-7,10-11,14-18,21-22H2,1H3,(H,38,39). The van der Waals surface area contributed by atoms with Gasteiger partial charge in [-0.1, -0.05) is 69.7 Å². The van der Waals surface area contributed by atoms with Crippen molar-refractivity contribution >= 4 is 11.9 Å². The quantitative estimate of drug-likeness (QED) is 0.356. The third-order valence-corrected chi connectivity index (χ3v) is 9.83. The minimum atomic E-state index is -0.817. The first-order chi connectivity index (χ1) is 19.0. The highest BCUT2D eigenvalue weighted by molar-refractivity contribution is 5.81. The monoisotopic (exact) mass is 531 g/mol. The molecule has 5 rings (SSSR count). The molecule has 210 valence electrons. The molecule has 3 fully saturated rings. The molecule has 2 saturated carbocycles. The van der Waals surface area contributed by atoms with Gasteiger partial charge in [-0.3, -0.25) is 9.59 Å². The summed E-state index contributed by atoms with van der Waals surface area (Å²) < 4.78 is 0. The van der Waals surface area contributed by atoms with E-state index in [0.29, 0.717) is 31.8 Å². The number of aryl methyl sites for hydroxylation is 1. The van der Waals surface area contributed by atoms with Gasteiger partial charge in [0.15, 0.2) is 5.82 Å². The van der Waals surface area contributed by atoms with Gasteiger partial charge < -0.3 is 10.0 Å². The van der Waals surface area contributed by atoms with Gasteiger partial charge >= 0.3 is 5.97 Å². The number of carboxylic acids is 1. The van der Waals surface area contributed by atoms with E-state index >= 15 is 0 Å². The Bertz CT molecular complexity index is 1090. The summed E-state index contributed by atoms with van der Waals surface area (Å²) in [6, 6.07) is 8.13. The van der Waals surface area contributed by atoms with Crippen molar-refractivity contribution in [2.24, 2.45) is 23.7 Å². The molecular weight excluding hydrogens is 486 g/mol. The Balaban J connectivity index is 1.07. The van der Waals surface area contributed by atoms with Crippen LogP contribution >= 0.6 is 0 Å². The molecular formula is C33H45N3O3. The first-order valence-electron chi connectivity index (χ1n) is 15.4. The molecule has 2 atom stereocenters. The van der Waals surface area contributed by atoms with Crippen molar-refractivity contribution < 1.29 is 14.7 Å². The van der Waals surface area contributed by atoms with E-state index in [2.05, 4.69) is 6.92 Å². The van der Waals surface area contributed by atoms with Gasteiger partial charge in [-0.05, 0) is 73.3 Å². The number of likely N-dealkylation sites (tertiary alicyclic amines) is 1. The zero-order valence-corrected chi connectivity index (χ0v) is 23.6. The summed E-state index contributed by atoms with van der Waals surface area (Å²) in [6.45, 7) is 3.00. The topological polar surface area (TPSA) is 83.4 Å². The molecule has 1 aliphatic heterocycles. The van der Waals surface area contributed by atoms with E-state index in [1.165, 1.54) is 76.2 Å². The maximum Gasteiger partial charge on any atom is 0.310 e. The maximum atomic E-state index is 12.3. The van der Waals surface area contributed by atoms with Crippen LogP contribution in [0.15, 0.2) is 36.7 Å². The number of carbonyl (C=O) groups is 2. The molecule has 2 aliphatic carbocycles. The predicted molar refractivity (Wildman–Crippen MR) is 153 cm³/mol. The number of benzene rings is 1. The van der Waals surface area contributed by atoms with Crippen LogP contribution in [-0.4, -0.2) is 44.9 Å². The zero-order valence-electron chi connectivity index (χ0n) is 23.6. The molecule has 2 aromatic rings. The van der Waals surface area contributed by atoms with E-state index in [0.717, 1.165) is 34.7 Å². The number of aromatic nitrogens is 2. The second kappa shape index (κ2) is 13.1. The van der Waals surface area contributed by atoms with Crippen LogP contribution in [0.25, 0.3) is 11.4 Å². The van der Waals surface area contributed by atoms with Crippen molar-refractivity contribution in [2.75, 3.05) is 13.1 Å². The lowest BCUT2D eigenvalue weighted by atomic mass is 9.72. The summed E-state index contributed by atoms with van der Waals surface area (Å²) in [6.07, 6.45) is 20.4. The van der Waals surface area contributed by atoms with E-state index in [1.807, 2.05) is 36.7 Å². The third-order valence-electron chi connectivity index (χ3n) is 9.83. The molecule has 6 heteroatoms. The Morgan fingerprint density at radius 3 is 2.23 bits per heavy atom. The molecule has 2 unspecified atom stereocenters. The fraction of sp³-hybridized carbons (Fsp3) is 0.636. The van der Waals surface area contributed by atoms with Crippen LogP contribution in [0.2, 0.25) is 0 Å². The molecule has 1 aromatic carbocycles. The van der Waals surface area contributed by atoms with Crippen LogP contribution in [0.3, 0.4) is 0 Å². The molecule has 1 aromatic heterocycles. The van der Waals surface area contributed by atoms with E-state index in [9.17, 15) is 9.59 Å². The smallest absolute Gasteiger partial charge is 0.310 e. The van der Waals surface area contributed by atoms with E-state index < -0.39 is 11.9 Å². The second-order valence-corrected chi connectivity index (χ2v) is 12.4. The average molecular weight is 532 g/mol. The Morgan fingerprint density at radius 1 is 0.897 bits per heavy atom. The summed E-state index contributed by atoms with van der Waals surface area (Å²) in [5, 5.41) is 8.98. The Hall–Kier alpha value is -2.76. The molecule has 1 N–H and O–H groups in total. The molecule has 0 spiro atoms. The number of nitrogens with zero attached hydrogens (tertiary/aromatic N) is 3. The minimum absolute atomic E-state index is 0.0272. The highest BCUT2D eigenvalue weighted by Crippen LogP contribution is 2.43. The second-order valence-electron chi connectivity index (χ2n) is 12.4. The molecule has 3 aliphatic rings. The number of hydrogen-bond donors (Lipinski definition) is 1. The number of aliphatic carboxylic acids is 1. The SMILES string of the molecule is CCCC1CCCC(C2CCC(c3cnc(-c4ccc(CCC(=O)N5CC(C(=O)O)C5)cc4)nc3)CC2)CC1. The number of amides is 1. The number of rotatable bonds is 9. The average Bonchev–Trinajstić information content (AvgIpc) is 3.17. The zero-order chi connectivity index (χ0) is 27.2. The Labute approximate surface area is 233 Å². The van der Waals surface area contributed by atoms with Crippen LogP contribution in [0.1, 0.15) is 101 Å². The van der Waals surface area contributed by atoms with Crippen LogP contribution in [0, 0.1) is 23.7 Å². The summed E-state index contributed by atoms with van der Waals surface area (Å²) >= 11 is 0. The number of hydrogen-bond acceptors (Lipinski definition) is 4. The van der Waals surface area contributed by atoms with Gasteiger partial charge in [0, 0.05) is 37.5 Å². The fourth-order valence-corrected chi connectivity index (χ4v) is 7.27. The highest BCUT2D eigenvalue weighted by Gasteiger charge is 2.35. The summed E-state index contributed by atoms with van der Waals surface area (Å²) in [5.74, 6) is 3.00. The molecule has 39 heavy (non-hydrogen) atoms. The third kappa shape index (κ3) is 7.06. The molecule has 1 saturated heterocycles. The lowest BCUT2D eigenvalue weighted by molar-refractivity contribution is -0.152. The van der Waals surface area contributed by atoms with Crippen molar-refractivity contribution in [3.63, 3.8) is 0 Å². The van der Waals surface area contributed by atoms with Crippen molar-refractivity contribution in [1.82, 2.24) is 14.9 Å². The van der Waals surface area contributed by atoms with Crippen molar-refractivity contribution in [3.05, 3.63) is 47.8 Å². The summed E-state index contributed by atoms with van der Waals surface area (Å²) in [5.41, 5.74) is 3.36. The van der Waals surface area contributed by atoms with Gasteiger partial charge in [0.05, 0.1) is 5.92 Å². The van der Waals surface area contributed by atoms with Gasteiger partial charge in [-0.2, -0.15) is 0 Å². The van der Waals surface area contributed by atoms with E-state index in [1.54, 1.807) is 4.90 Å². The van der Waals surface area contributed by atoms with E-state index in [-0.39, 0.29) is 5.91 Å².